The van der Waals surface area contributed by atoms with Crippen LogP contribution in [0.1, 0.15) is 23.1 Å². The highest BCUT2D eigenvalue weighted by molar-refractivity contribution is 5.92. The van der Waals surface area contributed by atoms with Crippen LogP contribution in [0.5, 0.6) is 0 Å². The summed E-state index contributed by atoms with van der Waals surface area (Å²) < 4.78 is 5.48. The van der Waals surface area contributed by atoms with Crippen molar-refractivity contribution in [1.29, 1.82) is 0 Å². The lowest BCUT2D eigenvalue weighted by Gasteiger charge is -2.35. The molecule has 2 aromatic rings. The highest BCUT2D eigenvalue weighted by atomic mass is 16.5. The van der Waals surface area contributed by atoms with Gasteiger partial charge in [-0.05, 0) is 44.2 Å². The van der Waals surface area contributed by atoms with Gasteiger partial charge in [0.05, 0.1) is 13.2 Å². The lowest BCUT2D eigenvalue weighted by Crippen LogP contribution is -2.43. The molecule has 0 aliphatic carbocycles. The number of amides is 1. The molecule has 1 unspecified atom stereocenters. The first kappa shape index (κ1) is 17.2. The van der Waals surface area contributed by atoms with E-state index in [1.807, 2.05) is 19.1 Å². The molecule has 25 heavy (non-hydrogen) atoms. The zero-order chi connectivity index (χ0) is 17.8. The van der Waals surface area contributed by atoms with Gasteiger partial charge in [0.1, 0.15) is 5.69 Å². The molecule has 7 nitrogen and oxygen atoms in total. The Bertz CT molecular complexity index is 748. The third-order valence-corrected chi connectivity index (χ3v) is 4.14. The first-order chi connectivity index (χ1) is 12.1. The summed E-state index contributed by atoms with van der Waals surface area (Å²) in [6.07, 6.45) is 0. The Kier molecular flexibility index (Phi) is 5.14. The smallest absolute Gasteiger partial charge is 0.269 e. The number of aromatic nitrogens is 2. The molecule has 1 aliphatic heterocycles. The van der Waals surface area contributed by atoms with Gasteiger partial charge in [-0.15, -0.1) is 0 Å². The second-order valence-electron chi connectivity index (χ2n) is 6.09. The van der Waals surface area contributed by atoms with Crippen molar-refractivity contribution < 1.29 is 9.53 Å². The average Bonchev–Trinajstić information content (AvgIpc) is 2.62. The van der Waals surface area contributed by atoms with Gasteiger partial charge in [0.2, 0.25) is 5.95 Å². The number of ether oxygens (including phenoxy) is 1. The number of carbonyl (C=O) groups is 1. The predicted octanol–water partition coefficient (Wildman–Crippen LogP) is 2.11. The largest absolute Gasteiger partial charge is 0.377 e. The minimum atomic E-state index is -0.231. The van der Waals surface area contributed by atoms with Crippen LogP contribution in [0.15, 0.2) is 30.3 Å². The number of rotatable bonds is 4. The van der Waals surface area contributed by atoms with Crippen LogP contribution in [-0.4, -0.2) is 48.7 Å². The fourth-order valence-corrected chi connectivity index (χ4v) is 2.84. The van der Waals surface area contributed by atoms with Crippen molar-refractivity contribution in [2.75, 3.05) is 37.0 Å². The normalized spacial score (nSPS) is 17.2. The molecule has 1 fully saturated rings. The predicted molar refractivity (Wildman–Crippen MR) is 97.5 cm³/mol. The van der Waals surface area contributed by atoms with Crippen molar-refractivity contribution in [3.63, 3.8) is 0 Å². The van der Waals surface area contributed by atoms with Gasteiger partial charge >= 0.3 is 0 Å². The number of anilines is 3. The van der Waals surface area contributed by atoms with Crippen LogP contribution < -0.4 is 15.5 Å². The van der Waals surface area contributed by atoms with Gasteiger partial charge in [-0.2, -0.15) is 0 Å². The molecule has 1 aromatic carbocycles. The Balaban J connectivity index is 1.75. The van der Waals surface area contributed by atoms with Gasteiger partial charge in [-0.3, -0.25) is 4.79 Å². The van der Waals surface area contributed by atoms with E-state index < -0.39 is 0 Å². The average molecular weight is 341 g/mol. The molecule has 132 valence electrons. The highest BCUT2D eigenvalue weighted by Gasteiger charge is 2.18. The summed E-state index contributed by atoms with van der Waals surface area (Å²) >= 11 is 0. The van der Waals surface area contributed by atoms with Gasteiger partial charge in [0.15, 0.2) is 0 Å². The number of aryl methyl sites for hydroxylation is 1. The zero-order valence-electron chi connectivity index (χ0n) is 14.7. The fraction of sp³-hybridized carbons (Fsp3) is 0.389. The lowest BCUT2D eigenvalue weighted by molar-refractivity contribution is 0.0958. The minimum absolute atomic E-state index is 0.231. The van der Waals surface area contributed by atoms with Crippen LogP contribution in [0, 0.1) is 6.92 Å². The summed E-state index contributed by atoms with van der Waals surface area (Å²) in [6.45, 7) is 6.39. The standard InChI is InChI=1S/C18H23N5O2/c1-12-10-16(17(24)19-3)22-18(20-12)21-14-4-6-15(7-5-14)23-8-9-25-11-13(23)2/h4-7,10,13H,8-9,11H2,1-3H3,(H,19,24)(H,20,21,22). The molecule has 7 heteroatoms. The van der Waals surface area contributed by atoms with Crippen LogP contribution >= 0.6 is 0 Å². The van der Waals surface area contributed by atoms with Crippen molar-refractivity contribution >= 4 is 23.2 Å². The molecule has 0 saturated carbocycles. The molecule has 1 aliphatic rings. The number of hydrogen-bond donors (Lipinski definition) is 2. The van der Waals surface area contributed by atoms with E-state index >= 15 is 0 Å². The second-order valence-corrected chi connectivity index (χ2v) is 6.09. The molecule has 3 rings (SSSR count). The molecule has 0 radical (unpaired) electrons. The van der Waals surface area contributed by atoms with Crippen LogP contribution in [0.2, 0.25) is 0 Å². The van der Waals surface area contributed by atoms with Crippen molar-refractivity contribution in [2.45, 2.75) is 19.9 Å². The Labute approximate surface area is 147 Å². The molecular formula is C18H23N5O2. The molecule has 1 atom stereocenters. The molecule has 2 heterocycles. The van der Waals surface area contributed by atoms with E-state index in [2.05, 4.69) is 44.6 Å². The van der Waals surface area contributed by atoms with E-state index in [0.29, 0.717) is 17.7 Å². The van der Waals surface area contributed by atoms with Crippen LogP contribution in [0.25, 0.3) is 0 Å². The molecular weight excluding hydrogens is 318 g/mol. The summed E-state index contributed by atoms with van der Waals surface area (Å²) in [7, 11) is 1.58. The highest BCUT2D eigenvalue weighted by Crippen LogP contribution is 2.23. The summed E-state index contributed by atoms with van der Waals surface area (Å²) in [5.41, 5.74) is 3.11. The number of carbonyl (C=O) groups excluding carboxylic acids is 1. The fourth-order valence-electron chi connectivity index (χ4n) is 2.84. The Morgan fingerprint density at radius 1 is 1.28 bits per heavy atom. The van der Waals surface area contributed by atoms with Crippen molar-refractivity contribution in [1.82, 2.24) is 15.3 Å². The van der Waals surface area contributed by atoms with Crippen molar-refractivity contribution in [3.05, 3.63) is 41.7 Å². The number of benzene rings is 1. The van der Waals surface area contributed by atoms with Crippen LogP contribution in [0.4, 0.5) is 17.3 Å². The summed E-state index contributed by atoms with van der Waals surface area (Å²) in [5, 5.41) is 5.73. The zero-order valence-corrected chi connectivity index (χ0v) is 14.7. The topological polar surface area (TPSA) is 79.4 Å². The van der Waals surface area contributed by atoms with Gasteiger partial charge in [0, 0.05) is 36.7 Å². The molecule has 0 spiro atoms. The molecule has 0 bridgehead atoms. The maximum Gasteiger partial charge on any atom is 0.269 e. The van der Waals surface area contributed by atoms with E-state index in [1.54, 1.807) is 13.1 Å². The lowest BCUT2D eigenvalue weighted by atomic mass is 10.2. The van der Waals surface area contributed by atoms with Gasteiger partial charge in [0.25, 0.3) is 5.91 Å². The van der Waals surface area contributed by atoms with E-state index in [-0.39, 0.29) is 5.91 Å². The first-order valence-corrected chi connectivity index (χ1v) is 8.36. The second kappa shape index (κ2) is 7.48. The van der Waals surface area contributed by atoms with E-state index in [1.165, 1.54) is 0 Å². The maximum atomic E-state index is 11.8. The van der Waals surface area contributed by atoms with Crippen LogP contribution in [0.3, 0.4) is 0 Å². The Morgan fingerprint density at radius 3 is 2.72 bits per heavy atom. The maximum absolute atomic E-state index is 11.8. The number of morpholine rings is 1. The number of nitrogens with one attached hydrogen (secondary N) is 2. The van der Waals surface area contributed by atoms with E-state index in [0.717, 1.165) is 36.8 Å². The third kappa shape index (κ3) is 4.06. The van der Waals surface area contributed by atoms with Gasteiger partial charge in [-0.25, -0.2) is 9.97 Å². The van der Waals surface area contributed by atoms with E-state index in [4.69, 9.17) is 4.74 Å². The quantitative estimate of drug-likeness (QED) is 0.887. The molecule has 2 N–H and O–H groups in total. The molecule has 1 saturated heterocycles. The van der Waals surface area contributed by atoms with Gasteiger partial charge < -0.3 is 20.3 Å². The summed E-state index contributed by atoms with van der Waals surface area (Å²) in [6, 6.07) is 10.1. The van der Waals surface area contributed by atoms with Crippen LogP contribution in [-0.2, 0) is 4.74 Å². The minimum Gasteiger partial charge on any atom is -0.377 e. The van der Waals surface area contributed by atoms with E-state index in [9.17, 15) is 4.79 Å². The number of nitrogens with zero attached hydrogens (tertiary/aromatic N) is 3. The Hall–Kier alpha value is -2.67. The monoisotopic (exact) mass is 341 g/mol. The van der Waals surface area contributed by atoms with Crippen molar-refractivity contribution in [3.8, 4) is 0 Å². The third-order valence-electron chi connectivity index (χ3n) is 4.14. The summed E-state index contributed by atoms with van der Waals surface area (Å²) in [4.78, 5) is 22.7. The molecule has 1 amide bonds. The summed E-state index contributed by atoms with van der Waals surface area (Å²) in [5.74, 6) is 0.177. The van der Waals surface area contributed by atoms with Gasteiger partial charge in [-0.1, -0.05) is 0 Å². The SMILES string of the molecule is CNC(=O)c1cc(C)nc(Nc2ccc(N3CCOCC3C)cc2)n1. The Morgan fingerprint density at radius 2 is 2.04 bits per heavy atom. The van der Waals surface area contributed by atoms with Crippen molar-refractivity contribution in [2.24, 2.45) is 0 Å². The number of hydrogen-bond acceptors (Lipinski definition) is 6. The molecule has 1 aromatic heterocycles. The first-order valence-electron chi connectivity index (χ1n) is 8.36.